The Labute approximate surface area is 362 Å². The number of nitrogens with zero attached hydrogens (tertiary/aromatic N) is 4. The van der Waals surface area contributed by atoms with Gasteiger partial charge in [0.15, 0.2) is 5.82 Å². The van der Waals surface area contributed by atoms with Crippen molar-refractivity contribution in [1.82, 2.24) is 19.1 Å². The molecule has 14 rings (SSSR count). The fourth-order valence-corrected chi connectivity index (χ4v) is 11.2. The monoisotopic (exact) mass is 802 g/mol. The number of hydrogen-bond donors (Lipinski definition) is 0. The van der Waals surface area contributed by atoms with E-state index >= 15 is 0 Å². The van der Waals surface area contributed by atoms with Crippen molar-refractivity contribution < 1.29 is 0 Å². The molecule has 63 heavy (non-hydrogen) atoms. The molecule has 3 aromatic heterocycles. The minimum Gasteiger partial charge on any atom is -0.309 e. The second-order valence-corrected chi connectivity index (χ2v) is 17.7. The summed E-state index contributed by atoms with van der Waals surface area (Å²) >= 11 is 0. The highest BCUT2D eigenvalue weighted by Gasteiger charge is 2.36. The largest absolute Gasteiger partial charge is 0.309 e. The molecule has 1 aliphatic rings. The average molecular weight is 803 g/mol. The van der Waals surface area contributed by atoms with Gasteiger partial charge in [-0.25, -0.2) is 9.97 Å². The van der Waals surface area contributed by atoms with E-state index in [2.05, 4.69) is 217 Å². The summed E-state index contributed by atoms with van der Waals surface area (Å²) < 4.78 is 4.86. The molecule has 4 nitrogen and oxygen atoms in total. The van der Waals surface area contributed by atoms with E-state index in [1.165, 1.54) is 76.7 Å². The molecule has 0 aliphatic carbocycles. The van der Waals surface area contributed by atoms with Gasteiger partial charge in [-0.05, 0) is 91.6 Å². The van der Waals surface area contributed by atoms with Gasteiger partial charge in [-0.1, -0.05) is 166 Å². The van der Waals surface area contributed by atoms with Crippen LogP contribution in [0.1, 0.15) is 25.0 Å². The van der Waals surface area contributed by atoms with E-state index in [0.29, 0.717) is 0 Å². The summed E-state index contributed by atoms with van der Waals surface area (Å²) in [6.45, 7) is 4.81. The Balaban J connectivity index is 1.01. The van der Waals surface area contributed by atoms with Gasteiger partial charge in [-0.3, -0.25) is 4.57 Å². The molecule has 0 saturated heterocycles. The van der Waals surface area contributed by atoms with Crippen LogP contribution >= 0.6 is 0 Å². The van der Waals surface area contributed by atoms with Crippen LogP contribution in [0, 0.1) is 0 Å². The summed E-state index contributed by atoms with van der Waals surface area (Å²) in [7, 11) is 0. The quantitative estimate of drug-likeness (QED) is 0.167. The van der Waals surface area contributed by atoms with Gasteiger partial charge in [0, 0.05) is 37.9 Å². The summed E-state index contributed by atoms with van der Waals surface area (Å²) in [5.74, 6) is 0.820. The summed E-state index contributed by atoms with van der Waals surface area (Å²) in [4.78, 5) is 11.2. The Morgan fingerprint density at radius 2 is 0.984 bits per heavy atom. The summed E-state index contributed by atoms with van der Waals surface area (Å²) in [6, 6.07) is 70.9. The Morgan fingerprint density at radius 1 is 0.413 bits per heavy atom. The highest BCUT2D eigenvalue weighted by Crippen LogP contribution is 2.50. The maximum Gasteiger partial charge on any atom is 0.165 e. The van der Waals surface area contributed by atoms with Crippen LogP contribution in [0.3, 0.4) is 0 Å². The minimum absolute atomic E-state index is 0.220. The van der Waals surface area contributed by atoms with Crippen LogP contribution in [0.15, 0.2) is 194 Å². The van der Waals surface area contributed by atoms with Crippen molar-refractivity contribution in [2.24, 2.45) is 0 Å². The molecule has 0 N–H and O–H groups in total. The molecule has 0 amide bonds. The first-order valence-electron chi connectivity index (χ1n) is 21.8. The molecule has 0 radical (unpaired) electrons. The number of rotatable bonds is 3. The number of aromatic nitrogens is 4. The van der Waals surface area contributed by atoms with E-state index in [-0.39, 0.29) is 5.41 Å². The molecule has 13 aromatic rings. The van der Waals surface area contributed by atoms with E-state index in [1.807, 2.05) is 0 Å². The summed E-state index contributed by atoms with van der Waals surface area (Å²) in [5.41, 5.74) is 14.6. The van der Waals surface area contributed by atoms with Crippen LogP contribution in [0.2, 0.25) is 0 Å². The van der Waals surface area contributed by atoms with Gasteiger partial charge in [0.2, 0.25) is 0 Å². The molecule has 4 heterocycles. The molecule has 0 spiro atoms. The molecule has 0 fully saturated rings. The second-order valence-electron chi connectivity index (χ2n) is 17.7. The molecular formula is C59H38N4. The van der Waals surface area contributed by atoms with E-state index < -0.39 is 0 Å². The van der Waals surface area contributed by atoms with Gasteiger partial charge >= 0.3 is 0 Å². The number of hydrogen-bond acceptors (Lipinski definition) is 2. The van der Waals surface area contributed by atoms with Crippen LogP contribution in [0.4, 0.5) is 0 Å². The van der Waals surface area contributed by atoms with Gasteiger partial charge in [-0.15, -0.1) is 0 Å². The minimum atomic E-state index is -0.220. The predicted octanol–water partition coefficient (Wildman–Crippen LogP) is 15.3. The molecule has 10 aromatic carbocycles. The molecule has 0 saturated carbocycles. The lowest BCUT2D eigenvalue weighted by Gasteiger charge is -2.36. The highest BCUT2D eigenvalue weighted by atomic mass is 15.1. The van der Waals surface area contributed by atoms with Crippen molar-refractivity contribution in [2.75, 3.05) is 0 Å². The summed E-state index contributed by atoms with van der Waals surface area (Å²) in [5, 5.41) is 12.1. The van der Waals surface area contributed by atoms with Gasteiger partial charge in [-0.2, -0.15) is 0 Å². The van der Waals surface area contributed by atoms with Crippen molar-refractivity contribution in [3.8, 4) is 33.9 Å². The number of benzene rings is 10. The third-order valence-corrected chi connectivity index (χ3v) is 14.0. The van der Waals surface area contributed by atoms with Crippen molar-refractivity contribution >= 4 is 87.0 Å². The maximum atomic E-state index is 5.64. The third kappa shape index (κ3) is 4.70. The highest BCUT2D eigenvalue weighted by molar-refractivity contribution is 6.14. The standard InChI is InChI=1S/C59H38N4/c1-59(2)48-22-12-21-45-42-18-7-9-23-50(42)62(57(45)48)53-32-28-37-25-26-38(33-46(37)54(53)59)39-29-31-52-47(34-39)43-19-8-10-24-51(43)63(52)58-56(44-20-11-15-35-13-3-5-16-40(35)44)60-49-30-27-36-14-4-6-17-41(36)55(49)61-58/h3-34H,1-2H3. The zero-order chi connectivity index (χ0) is 41.6. The maximum absolute atomic E-state index is 5.64. The van der Waals surface area contributed by atoms with E-state index in [1.54, 1.807) is 0 Å². The first-order valence-corrected chi connectivity index (χ1v) is 21.8. The fourth-order valence-electron chi connectivity index (χ4n) is 11.2. The van der Waals surface area contributed by atoms with Gasteiger partial charge in [0.05, 0.1) is 38.8 Å². The van der Waals surface area contributed by atoms with Crippen LogP contribution < -0.4 is 0 Å². The first kappa shape index (κ1) is 34.6. The zero-order valence-electron chi connectivity index (χ0n) is 34.8. The molecule has 0 unspecified atom stereocenters. The fraction of sp³-hybridized carbons (Fsp3) is 0.0508. The number of fused-ring (bicyclic) bond motifs is 14. The van der Waals surface area contributed by atoms with Crippen LogP contribution in [-0.2, 0) is 5.41 Å². The Bertz CT molecular complexity index is 4120. The zero-order valence-corrected chi connectivity index (χ0v) is 34.8. The van der Waals surface area contributed by atoms with E-state index in [9.17, 15) is 0 Å². The van der Waals surface area contributed by atoms with Crippen molar-refractivity contribution in [2.45, 2.75) is 19.3 Å². The lowest BCUT2D eigenvalue weighted by molar-refractivity contribution is 0.636. The van der Waals surface area contributed by atoms with Crippen molar-refractivity contribution in [1.29, 1.82) is 0 Å². The van der Waals surface area contributed by atoms with Crippen LogP contribution in [0.5, 0.6) is 0 Å². The van der Waals surface area contributed by atoms with Crippen molar-refractivity contribution in [3.05, 3.63) is 205 Å². The van der Waals surface area contributed by atoms with Gasteiger partial charge in [0.1, 0.15) is 5.69 Å². The second kappa shape index (κ2) is 12.5. The van der Waals surface area contributed by atoms with Gasteiger partial charge < -0.3 is 4.57 Å². The van der Waals surface area contributed by atoms with Crippen molar-refractivity contribution in [3.63, 3.8) is 0 Å². The first-order chi connectivity index (χ1) is 31.0. The topological polar surface area (TPSA) is 35.6 Å². The molecule has 4 heteroatoms. The van der Waals surface area contributed by atoms with Gasteiger partial charge in [0.25, 0.3) is 0 Å². The molecule has 1 aliphatic heterocycles. The molecule has 0 atom stereocenters. The molecule has 294 valence electrons. The number of para-hydroxylation sites is 3. The average Bonchev–Trinajstić information content (AvgIpc) is 3.85. The Kier molecular flexibility index (Phi) is 6.87. The molecular weight excluding hydrogens is 765 g/mol. The normalized spacial score (nSPS) is 13.4. The lowest BCUT2D eigenvalue weighted by atomic mass is 9.72. The smallest absolute Gasteiger partial charge is 0.165 e. The Morgan fingerprint density at radius 3 is 1.81 bits per heavy atom. The van der Waals surface area contributed by atoms with E-state index in [4.69, 9.17) is 9.97 Å². The summed E-state index contributed by atoms with van der Waals surface area (Å²) in [6.07, 6.45) is 0. The Hall–Kier alpha value is -8.08. The lowest BCUT2D eigenvalue weighted by Crippen LogP contribution is -2.26. The predicted molar refractivity (Wildman–Crippen MR) is 264 cm³/mol. The van der Waals surface area contributed by atoms with E-state index in [0.717, 1.165) is 55.3 Å². The van der Waals surface area contributed by atoms with Crippen LogP contribution in [-0.4, -0.2) is 19.1 Å². The van der Waals surface area contributed by atoms with Crippen LogP contribution in [0.25, 0.3) is 121 Å². The third-order valence-electron chi connectivity index (χ3n) is 14.0. The molecule has 0 bridgehead atoms. The SMILES string of the molecule is CC1(C)c2c(ccc3ccc(-c4ccc5c(c4)c4ccccc4n5-c4nc5c(ccc6ccccc65)nc4-c4cccc5ccccc45)cc23)-n2c3ccccc3c3cccc1c32.